The van der Waals surface area contributed by atoms with Crippen LogP contribution in [0.5, 0.6) is 0 Å². The maximum absolute atomic E-state index is 12.7. The molecular weight excluding hydrogens is 356 g/mol. The zero-order chi connectivity index (χ0) is 19.5. The molecule has 1 amide bonds. The minimum atomic E-state index is -0.372. The molecular formula is C21H26N4O3. The Morgan fingerprint density at radius 3 is 2.57 bits per heavy atom. The van der Waals surface area contributed by atoms with Gasteiger partial charge in [0.15, 0.2) is 0 Å². The lowest BCUT2D eigenvalue weighted by Gasteiger charge is -2.35. The fourth-order valence-corrected chi connectivity index (χ4v) is 4.51. The standard InChI is InChI=1S/C21H26N4O3/c26-21(15-5-2-1-3-6-15)24-13-10-16(11-14-24)23-18-8-9-19(25(27)28)17-7-4-12-22-20(17)18/h4,7-9,12,15-16,23H,1-3,5-6,10-11,13-14H2. The van der Waals surface area contributed by atoms with Gasteiger partial charge in [0.05, 0.1) is 16.0 Å². The molecule has 1 aliphatic carbocycles. The zero-order valence-electron chi connectivity index (χ0n) is 16.0. The minimum Gasteiger partial charge on any atom is -0.380 e. The van der Waals surface area contributed by atoms with Crippen molar-refractivity contribution in [2.75, 3.05) is 18.4 Å². The molecule has 0 radical (unpaired) electrons. The lowest BCUT2D eigenvalue weighted by molar-refractivity contribution is -0.383. The highest BCUT2D eigenvalue weighted by atomic mass is 16.6. The van der Waals surface area contributed by atoms with Crippen LogP contribution in [0.3, 0.4) is 0 Å². The van der Waals surface area contributed by atoms with E-state index in [0.717, 1.165) is 44.5 Å². The number of carbonyl (C=O) groups is 1. The predicted octanol–water partition coefficient (Wildman–Crippen LogP) is 4.13. The van der Waals surface area contributed by atoms with Crippen molar-refractivity contribution in [2.45, 2.75) is 51.0 Å². The number of aromatic nitrogens is 1. The SMILES string of the molecule is O=C(C1CCCCC1)N1CCC(Nc2ccc([N+](=O)[O-])c3cccnc23)CC1. The summed E-state index contributed by atoms with van der Waals surface area (Å²) < 4.78 is 0. The fraction of sp³-hybridized carbons (Fsp3) is 0.524. The summed E-state index contributed by atoms with van der Waals surface area (Å²) in [5.41, 5.74) is 1.51. The molecule has 1 saturated carbocycles. The number of carbonyl (C=O) groups excluding carboxylic acids is 1. The Bertz CT molecular complexity index is 871. The highest BCUT2D eigenvalue weighted by molar-refractivity contribution is 5.96. The van der Waals surface area contributed by atoms with Gasteiger partial charge in [0.25, 0.3) is 5.69 Å². The molecule has 0 atom stereocenters. The van der Waals surface area contributed by atoms with Crippen LogP contribution in [0.15, 0.2) is 30.5 Å². The molecule has 2 aromatic rings. The van der Waals surface area contributed by atoms with E-state index in [1.54, 1.807) is 24.4 Å². The number of pyridine rings is 1. The van der Waals surface area contributed by atoms with Crippen molar-refractivity contribution in [3.05, 3.63) is 40.6 Å². The Morgan fingerprint density at radius 2 is 1.86 bits per heavy atom. The summed E-state index contributed by atoms with van der Waals surface area (Å²) in [6, 6.07) is 6.97. The fourth-order valence-electron chi connectivity index (χ4n) is 4.51. The Labute approximate surface area is 164 Å². The van der Waals surface area contributed by atoms with E-state index >= 15 is 0 Å². The number of non-ortho nitro benzene ring substituents is 1. The average Bonchev–Trinajstić information content (AvgIpc) is 2.74. The number of piperidine rings is 1. The van der Waals surface area contributed by atoms with Crippen molar-refractivity contribution < 1.29 is 9.72 Å². The van der Waals surface area contributed by atoms with Crippen LogP contribution in [0.2, 0.25) is 0 Å². The van der Waals surface area contributed by atoms with Crippen LogP contribution in [0, 0.1) is 16.0 Å². The Morgan fingerprint density at radius 1 is 1.11 bits per heavy atom. The number of hydrogen-bond acceptors (Lipinski definition) is 5. The first-order valence-corrected chi connectivity index (χ1v) is 10.2. The monoisotopic (exact) mass is 382 g/mol. The molecule has 0 unspecified atom stereocenters. The summed E-state index contributed by atoms with van der Waals surface area (Å²) in [5.74, 6) is 0.557. The maximum Gasteiger partial charge on any atom is 0.278 e. The summed E-state index contributed by atoms with van der Waals surface area (Å²) in [7, 11) is 0. The van der Waals surface area contributed by atoms with E-state index < -0.39 is 0 Å². The third-order valence-electron chi connectivity index (χ3n) is 6.06. The van der Waals surface area contributed by atoms with Gasteiger partial charge in [0.1, 0.15) is 5.52 Å². The summed E-state index contributed by atoms with van der Waals surface area (Å²) >= 11 is 0. The van der Waals surface area contributed by atoms with Gasteiger partial charge in [0.2, 0.25) is 5.91 Å². The van der Waals surface area contributed by atoms with Crippen LogP contribution in [-0.4, -0.2) is 39.8 Å². The highest BCUT2D eigenvalue weighted by Crippen LogP contribution is 2.31. The van der Waals surface area contributed by atoms with Gasteiger partial charge in [-0.3, -0.25) is 19.9 Å². The van der Waals surface area contributed by atoms with Crippen molar-refractivity contribution in [1.82, 2.24) is 9.88 Å². The van der Waals surface area contributed by atoms with E-state index in [4.69, 9.17) is 0 Å². The van der Waals surface area contributed by atoms with Crippen LogP contribution in [-0.2, 0) is 4.79 Å². The summed E-state index contributed by atoms with van der Waals surface area (Å²) in [6.07, 6.45) is 9.10. The summed E-state index contributed by atoms with van der Waals surface area (Å²) in [6.45, 7) is 1.54. The Kier molecular flexibility index (Phi) is 5.41. The van der Waals surface area contributed by atoms with Gasteiger partial charge in [-0.25, -0.2) is 0 Å². The molecule has 7 heteroatoms. The van der Waals surface area contributed by atoms with E-state index in [1.807, 2.05) is 4.90 Å². The number of benzene rings is 1. The molecule has 1 aliphatic heterocycles. The Hall–Kier alpha value is -2.70. The second-order valence-corrected chi connectivity index (χ2v) is 7.87. The lowest BCUT2D eigenvalue weighted by Crippen LogP contribution is -2.45. The second kappa shape index (κ2) is 8.12. The smallest absolute Gasteiger partial charge is 0.278 e. The van der Waals surface area contributed by atoms with Gasteiger partial charge in [-0.05, 0) is 43.9 Å². The highest BCUT2D eigenvalue weighted by Gasteiger charge is 2.29. The number of nitro benzene ring substituents is 1. The van der Waals surface area contributed by atoms with Crippen LogP contribution in [0.4, 0.5) is 11.4 Å². The Balaban J connectivity index is 1.42. The lowest BCUT2D eigenvalue weighted by atomic mass is 9.87. The number of rotatable bonds is 4. The number of anilines is 1. The average molecular weight is 382 g/mol. The van der Waals surface area contributed by atoms with E-state index in [0.29, 0.717) is 16.8 Å². The second-order valence-electron chi connectivity index (χ2n) is 7.87. The number of hydrogen-bond donors (Lipinski definition) is 1. The first-order valence-electron chi connectivity index (χ1n) is 10.2. The molecule has 28 heavy (non-hydrogen) atoms. The van der Waals surface area contributed by atoms with E-state index in [1.165, 1.54) is 25.3 Å². The molecule has 4 rings (SSSR count). The van der Waals surface area contributed by atoms with Crippen molar-refractivity contribution in [1.29, 1.82) is 0 Å². The zero-order valence-corrected chi connectivity index (χ0v) is 16.0. The third kappa shape index (κ3) is 3.79. The first-order chi connectivity index (χ1) is 13.6. The molecule has 1 aromatic carbocycles. The molecule has 1 N–H and O–H groups in total. The number of amides is 1. The molecule has 1 aromatic heterocycles. The van der Waals surface area contributed by atoms with E-state index in [9.17, 15) is 14.9 Å². The molecule has 2 fully saturated rings. The summed E-state index contributed by atoms with van der Waals surface area (Å²) in [5, 5.41) is 15.3. The number of likely N-dealkylation sites (tertiary alicyclic amines) is 1. The van der Waals surface area contributed by atoms with Crippen molar-refractivity contribution in [3.8, 4) is 0 Å². The van der Waals surface area contributed by atoms with E-state index in [-0.39, 0.29) is 22.6 Å². The topological polar surface area (TPSA) is 88.4 Å². The van der Waals surface area contributed by atoms with Gasteiger partial charge in [-0.1, -0.05) is 19.3 Å². The number of fused-ring (bicyclic) bond motifs is 1. The quantitative estimate of drug-likeness (QED) is 0.634. The normalized spacial score (nSPS) is 18.9. The van der Waals surface area contributed by atoms with Crippen molar-refractivity contribution in [2.24, 2.45) is 5.92 Å². The van der Waals surface area contributed by atoms with Crippen molar-refractivity contribution in [3.63, 3.8) is 0 Å². The van der Waals surface area contributed by atoms with E-state index in [2.05, 4.69) is 10.3 Å². The number of nitro groups is 1. The van der Waals surface area contributed by atoms with Gasteiger partial charge >= 0.3 is 0 Å². The van der Waals surface area contributed by atoms with Crippen molar-refractivity contribution >= 4 is 28.2 Å². The number of nitrogens with zero attached hydrogens (tertiary/aromatic N) is 3. The van der Waals surface area contributed by atoms with Gasteiger partial charge in [0, 0.05) is 37.3 Å². The third-order valence-corrected chi connectivity index (χ3v) is 6.06. The molecule has 1 saturated heterocycles. The van der Waals surface area contributed by atoms with Crippen LogP contribution < -0.4 is 5.32 Å². The molecule has 2 heterocycles. The largest absolute Gasteiger partial charge is 0.380 e. The van der Waals surface area contributed by atoms with Crippen LogP contribution in [0.25, 0.3) is 10.9 Å². The molecule has 7 nitrogen and oxygen atoms in total. The molecule has 148 valence electrons. The van der Waals surface area contributed by atoms with Crippen LogP contribution >= 0.6 is 0 Å². The first kappa shape index (κ1) is 18.7. The van der Waals surface area contributed by atoms with Gasteiger partial charge < -0.3 is 10.2 Å². The summed E-state index contributed by atoms with van der Waals surface area (Å²) in [4.78, 5) is 30.0. The predicted molar refractivity (Wildman–Crippen MR) is 108 cm³/mol. The molecule has 2 aliphatic rings. The molecule has 0 bridgehead atoms. The maximum atomic E-state index is 12.7. The molecule has 0 spiro atoms. The minimum absolute atomic E-state index is 0.0709. The van der Waals surface area contributed by atoms with Gasteiger partial charge in [-0.15, -0.1) is 0 Å². The number of nitrogens with one attached hydrogen (secondary N) is 1. The van der Waals surface area contributed by atoms with Crippen LogP contribution in [0.1, 0.15) is 44.9 Å². The van der Waals surface area contributed by atoms with Gasteiger partial charge in [-0.2, -0.15) is 0 Å².